The van der Waals surface area contributed by atoms with Crippen LogP contribution in [0.2, 0.25) is 0 Å². The van der Waals surface area contributed by atoms with Gasteiger partial charge in [-0.05, 0) is 31.6 Å². The van der Waals surface area contributed by atoms with E-state index in [0.717, 1.165) is 31.5 Å². The van der Waals surface area contributed by atoms with Gasteiger partial charge in [0.1, 0.15) is 0 Å². The summed E-state index contributed by atoms with van der Waals surface area (Å²) >= 11 is 0. The molecule has 2 nitrogen and oxygen atoms in total. The van der Waals surface area contributed by atoms with Gasteiger partial charge in [-0.15, -0.1) is 0 Å². The standard InChI is InChI=1S/C13H22O2/c1-2-4-10(5-3-1)13-11-6-8-14-12(11)7-9-15-13/h10-13H,1-9H2/t11-,12-,13-/m0/s1. The fourth-order valence-corrected chi connectivity index (χ4v) is 3.73. The topological polar surface area (TPSA) is 18.5 Å². The van der Waals surface area contributed by atoms with E-state index in [0.29, 0.717) is 12.2 Å². The van der Waals surface area contributed by atoms with E-state index in [1.165, 1.54) is 38.5 Å². The molecule has 1 aliphatic carbocycles. The first-order valence-corrected chi connectivity index (χ1v) is 6.68. The molecule has 0 bridgehead atoms. The van der Waals surface area contributed by atoms with Crippen molar-refractivity contribution < 1.29 is 9.47 Å². The molecular formula is C13H22O2. The van der Waals surface area contributed by atoms with Gasteiger partial charge in [0.05, 0.1) is 12.2 Å². The quantitative estimate of drug-likeness (QED) is 0.662. The van der Waals surface area contributed by atoms with Crippen molar-refractivity contribution in [3.8, 4) is 0 Å². The van der Waals surface area contributed by atoms with Gasteiger partial charge < -0.3 is 9.47 Å². The largest absolute Gasteiger partial charge is 0.378 e. The van der Waals surface area contributed by atoms with E-state index in [1.807, 2.05) is 0 Å². The van der Waals surface area contributed by atoms with E-state index in [1.54, 1.807) is 0 Å². The Labute approximate surface area is 92.3 Å². The van der Waals surface area contributed by atoms with Crippen LogP contribution in [0, 0.1) is 11.8 Å². The summed E-state index contributed by atoms with van der Waals surface area (Å²) in [6, 6.07) is 0. The molecule has 86 valence electrons. The summed E-state index contributed by atoms with van der Waals surface area (Å²) in [5.41, 5.74) is 0. The molecule has 0 N–H and O–H groups in total. The van der Waals surface area contributed by atoms with Crippen molar-refractivity contribution in [2.75, 3.05) is 13.2 Å². The van der Waals surface area contributed by atoms with Crippen LogP contribution in [0.1, 0.15) is 44.9 Å². The second-order valence-electron chi connectivity index (χ2n) is 5.38. The highest BCUT2D eigenvalue weighted by Crippen LogP contribution is 2.40. The van der Waals surface area contributed by atoms with E-state index in [2.05, 4.69) is 0 Å². The summed E-state index contributed by atoms with van der Waals surface area (Å²) in [4.78, 5) is 0. The van der Waals surface area contributed by atoms with Gasteiger partial charge >= 0.3 is 0 Å². The third kappa shape index (κ3) is 1.94. The van der Waals surface area contributed by atoms with Gasteiger partial charge in [-0.1, -0.05) is 19.3 Å². The number of ether oxygens (including phenoxy) is 2. The second kappa shape index (κ2) is 4.42. The number of hydrogen-bond acceptors (Lipinski definition) is 2. The van der Waals surface area contributed by atoms with Crippen molar-refractivity contribution in [1.29, 1.82) is 0 Å². The van der Waals surface area contributed by atoms with Crippen molar-refractivity contribution in [2.45, 2.75) is 57.2 Å². The molecule has 3 aliphatic rings. The van der Waals surface area contributed by atoms with E-state index >= 15 is 0 Å². The SMILES string of the molecule is C1CCC([C@@H]2OCC[C@@H]3OCC[C@@H]32)CC1. The summed E-state index contributed by atoms with van der Waals surface area (Å²) in [7, 11) is 0. The van der Waals surface area contributed by atoms with E-state index in [9.17, 15) is 0 Å². The molecule has 3 fully saturated rings. The molecule has 2 aliphatic heterocycles. The highest BCUT2D eigenvalue weighted by atomic mass is 16.5. The maximum atomic E-state index is 6.05. The molecule has 2 heterocycles. The van der Waals surface area contributed by atoms with Crippen LogP contribution in [-0.2, 0) is 9.47 Å². The fraction of sp³-hybridized carbons (Fsp3) is 1.00. The van der Waals surface area contributed by atoms with Gasteiger partial charge in [-0.3, -0.25) is 0 Å². The minimum Gasteiger partial charge on any atom is -0.378 e. The minimum absolute atomic E-state index is 0.533. The molecule has 1 saturated carbocycles. The molecule has 0 spiro atoms. The van der Waals surface area contributed by atoms with Crippen LogP contribution < -0.4 is 0 Å². The van der Waals surface area contributed by atoms with Crippen LogP contribution in [0.15, 0.2) is 0 Å². The summed E-state index contributed by atoms with van der Waals surface area (Å²) in [5, 5.41) is 0. The molecule has 0 radical (unpaired) electrons. The molecule has 0 unspecified atom stereocenters. The molecule has 15 heavy (non-hydrogen) atoms. The zero-order chi connectivity index (χ0) is 10.1. The smallest absolute Gasteiger partial charge is 0.0657 e. The Morgan fingerprint density at radius 1 is 0.733 bits per heavy atom. The van der Waals surface area contributed by atoms with Gasteiger partial charge in [-0.2, -0.15) is 0 Å². The normalized spacial score (nSPS) is 42.8. The van der Waals surface area contributed by atoms with Gasteiger partial charge in [0.15, 0.2) is 0 Å². The van der Waals surface area contributed by atoms with Crippen LogP contribution in [0.4, 0.5) is 0 Å². The van der Waals surface area contributed by atoms with Gasteiger partial charge in [0, 0.05) is 19.1 Å². The first-order valence-electron chi connectivity index (χ1n) is 6.68. The molecule has 0 aromatic rings. The second-order valence-corrected chi connectivity index (χ2v) is 5.38. The van der Waals surface area contributed by atoms with E-state index < -0.39 is 0 Å². The highest BCUT2D eigenvalue weighted by Gasteiger charge is 2.42. The number of fused-ring (bicyclic) bond motifs is 1. The molecule has 3 rings (SSSR count). The first-order chi connectivity index (χ1) is 7.45. The molecule has 0 aromatic carbocycles. The van der Waals surface area contributed by atoms with Crippen molar-refractivity contribution in [3.05, 3.63) is 0 Å². The minimum atomic E-state index is 0.533. The first kappa shape index (κ1) is 10.1. The van der Waals surface area contributed by atoms with E-state index in [4.69, 9.17) is 9.47 Å². The van der Waals surface area contributed by atoms with Crippen LogP contribution in [0.5, 0.6) is 0 Å². The average molecular weight is 210 g/mol. The predicted molar refractivity (Wildman–Crippen MR) is 58.8 cm³/mol. The molecule has 0 amide bonds. The lowest BCUT2D eigenvalue weighted by Gasteiger charge is -2.39. The fourth-order valence-electron chi connectivity index (χ4n) is 3.73. The Hall–Kier alpha value is -0.0800. The van der Waals surface area contributed by atoms with E-state index in [-0.39, 0.29) is 0 Å². The number of hydrogen-bond donors (Lipinski definition) is 0. The van der Waals surface area contributed by atoms with Gasteiger partial charge in [0.25, 0.3) is 0 Å². The average Bonchev–Trinajstić information content (AvgIpc) is 2.78. The third-order valence-corrected chi connectivity index (χ3v) is 4.51. The zero-order valence-corrected chi connectivity index (χ0v) is 9.49. The summed E-state index contributed by atoms with van der Waals surface area (Å²) < 4.78 is 11.8. The zero-order valence-electron chi connectivity index (χ0n) is 9.49. The number of rotatable bonds is 1. The molecular weight excluding hydrogens is 188 g/mol. The maximum Gasteiger partial charge on any atom is 0.0657 e. The van der Waals surface area contributed by atoms with Crippen molar-refractivity contribution in [2.24, 2.45) is 11.8 Å². The van der Waals surface area contributed by atoms with Crippen LogP contribution >= 0.6 is 0 Å². The molecule has 2 saturated heterocycles. The van der Waals surface area contributed by atoms with Crippen molar-refractivity contribution in [1.82, 2.24) is 0 Å². The molecule has 3 atom stereocenters. The lowest BCUT2D eigenvalue weighted by molar-refractivity contribution is -0.104. The Kier molecular flexibility index (Phi) is 2.98. The summed E-state index contributed by atoms with van der Waals surface area (Å²) in [6.45, 7) is 1.91. The van der Waals surface area contributed by atoms with Crippen LogP contribution in [0.25, 0.3) is 0 Å². The summed E-state index contributed by atoms with van der Waals surface area (Å²) in [6.07, 6.45) is 10.5. The lowest BCUT2D eigenvalue weighted by atomic mass is 9.77. The Balaban J connectivity index is 1.67. The van der Waals surface area contributed by atoms with Crippen LogP contribution in [0.3, 0.4) is 0 Å². The van der Waals surface area contributed by atoms with Crippen molar-refractivity contribution in [3.63, 3.8) is 0 Å². The molecule has 2 heteroatoms. The molecule has 0 aromatic heterocycles. The van der Waals surface area contributed by atoms with Gasteiger partial charge in [0.2, 0.25) is 0 Å². The maximum absolute atomic E-state index is 6.05. The highest BCUT2D eigenvalue weighted by molar-refractivity contribution is 4.90. The summed E-state index contributed by atoms with van der Waals surface area (Å²) in [5.74, 6) is 1.56. The lowest BCUT2D eigenvalue weighted by Crippen LogP contribution is -2.42. The Morgan fingerprint density at radius 3 is 2.40 bits per heavy atom. The predicted octanol–water partition coefficient (Wildman–Crippen LogP) is 2.76. The monoisotopic (exact) mass is 210 g/mol. The van der Waals surface area contributed by atoms with Crippen molar-refractivity contribution >= 4 is 0 Å². The Morgan fingerprint density at radius 2 is 1.53 bits per heavy atom. The van der Waals surface area contributed by atoms with Gasteiger partial charge in [-0.25, -0.2) is 0 Å². The third-order valence-electron chi connectivity index (χ3n) is 4.51. The Bertz CT molecular complexity index is 211. The van der Waals surface area contributed by atoms with Crippen LogP contribution in [-0.4, -0.2) is 25.4 Å².